The van der Waals surface area contributed by atoms with Gasteiger partial charge in [0.05, 0.1) is 23.1 Å². The van der Waals surface area contributed by atoms with Crippen molar-refractivity contribution in [3.05, 3.63) is 29.6 Å². The van der Waals surface area contributed by atoms with Crippen LogP contribution in [0.3, 0.4) is 0 Å². The Hall–Kier alpha value is -1.75. The van der Waals surface area contributed by atoms with Gasteiger partial charge in [-0.25, -0.2) is 4.98 Å². The topological polar surface area (TPSA) is 79.8 Å². The SMILES string of the molecule is N#CC1(C(CSCc2cccc(C(F)(F)F)n2)C(N)=O)CC1. The number of nitrogens with two attached hydrogens (primary N) is 1. The van der Waals surface area contributed by atoms with Gasteiger partial charge >= 0.3 is 6.18 Å². The van der Waals surface area contributed by atoms with E-state index in [0.29, 0.717) is 18.6 Å². The molecule has 0 bridgehead atoms. The fraction of sp³-hybridized carbons (Fsp3) is 0.500. The summed E-state index contributed by atoms with van der Waals surface area (Å²) in [5, 5.41) is 9.11. The molecule has 1 aliphatic rings. The summed E-state index contributed by atoms with van der Waals surface area (Å²) in [6, 6.07) is 5.84. The van der Waals surface area contributed by atoms with Crippen LogP contribution in [0.15, 0.2) is 18.2 Å². The van der Waals surface area contributed by atoms with Gasteiger partial charge in [-0.15, -0.1) is 0 Å². The van der Waals surface area contributed by atoms with Crippen molar-refractivity contribution in [3.63, 3.8) is 0 Å². The van der Waals surface area contributed by atoms with Crippen LogP contribution in [0.25, 0.3) is 0 Å². The molecule has 2 N–H and O–H groups in total. The number of rotatable bonds is 6. The number of pyridine rings is 1. The van der Waals surface area contributed by atoms with Crippen LogP contribution >= 0.6 is 11.8 Å². The molecule has 1 atom stereocenters. The maximum absolute atomic E-state index is 12.6. The van der Waals surface area contributed by atoms with Crippen molar-refractivity contribution < 1.29 is 18.0 Å². The van der Waals surface area contributed by atoms with Gasteiger partial charge in [0.15, 0.2) is 0 Å². The largest absolute Gasteiger partial charge is 0.433 e. The molecule has 8 heteroatoms. The van der Waals surface area contributed by atoms with E-state index < -0.39 is 29.1 Å². The predicted molar refractivity (Wildman–Crippen MR) is 75.4 cm³/mol. The zero-order valence-corrected chi connectivity index (χ0v) is 12.4. The number of halogens is 3. The molecule has 1 amide bonds. The third-order valence-electron chi connectivity index (χ3n) is 3.65. The van der Waals surface area contributed by atoms with Crippen LogP contribution in [-0.2, 0) is 16.7 Å². The fourth-order valence-corrected chi connectivity index (χ4v) is 3.39. The average molecular weight is 329 g/mol. The van der Waals surface area contributed by atoms with Crippen molar-refractivity contribution in [2.45, 2.75) is 24.8 Å². The van der Waals surface area contributed by atoms with Gasteiger partial charge in [0, 0.05) is 11.5 Å². The average Bonchev–Trinajstić information content (AvgIpc) is 3.23. The van der Waals surface area contributed by atoms with Gasteiger partial charge in [-0.05, 0) is 25.0 Å². The van der Waals surface area contributed by atoms with E-state index in [1.165, 1.54) is 23.9 Å². The molecule has 118 valence electrons. The lowest BCUT2D eigenvalue weighted by atomic mass is 9.91. The highest BCUT2D eigenvalue weighted by Crippen LogP contribution is 2.52. The van der Waals surface area contributed by atoms with Crippen LogP contribution < -0.4 is 5.73 Å². The minimum atomic E-state index is -4.48. The first-order valence-electron chi connectivity index (χ1n) is 6.60. The smallest absolute Gasteiger partial charge is 0.369 e. The van der Waals surface area contributed by atoms with Gasteiger partial charge in [0.2, 0.25) is 5.91 Å². The molecule has 1 fully saturated rings. The molecule has 4 nitrogen and oxygen atoms in total. The lowest BCUT2D eigenvalue weighted by Crippen LogP contribution is -2.32. The van der Waals surface area contributed by atoms with Crippen molar-refractivity contribution in [1.82, 2.24) is 4.98 Å². The Bertz CT molecular complexity index is 608. The summed E-state index contributed by atoms with van der Waals surface area (Å²) in [4.78, 5) is 15.0. The number of nitrogens with zero attached hydrogens (tertiary/aromatic N) is 2. The molecule has 22 heavy (non-hydrogen) atoms. The molecular formula is C14H14F3N3OS. The van der Waals surface area contributed by atoms with E-state index >= 15 is 0 Å². The predicted octanol–water partition coefficient (Wildman–Crippen LogP) is 2.74. The molecule has 0 spiro atoms. The summed E-state index contributed by atoms with van der Waals surface area (Å²) < 4.78 is 37.7. The van der Waals surface area contributed by atoms with E-state index in [4.69, 9.17) is 11.0 Å². The monoisotopic (exact) mass is 329 g/mol. The number of carbonyl (C=O) groups is 1. The number of carbonyl (C=O) groups excluding carboxylic acids is 1. The number of alkyl halides is 3. The number of thioether (sulfide) groups is 1. The van der Waals surface area contributed by atoms with Gasteiger partial charge in [-0.1, -0.05) is 6.07 Å². The lowest BCUT2D eigenvalue weighted by molar-refractivity contribution is -0.141. The fourth-order valence-electron chi connectivity index (χ4n) is 2.19. The summed E-state index contributed by atoms with van der Waals surface area (Å²) >= 11 is 1.26. The van der Waals surface area contributed by atoms with E-state index in [9.17, 15) is 18.0 Å². The first-order chi connectivity index (χ1) is 10.3. The summed E-state index contributed by atoms with van der Waals surface area (Å²) in [5.41, 5.74) is 4.00. The van der Waals surface area contributed by atoms with E-state index in [0.717, 1.165) is 6.07 Å². The molecule has 1 aliphatic carbocycles. The van der Waals surface area contributed by atoms with Gasteiger partial charge in [-0.3, -0.25) is 4.79 Å². The molecule has 0 saturated heterocycles. The maximum atomic E-state index is 12.6. The minimum absolute atomic E-state index is 0.231. The zero-order chi connectivity index (χ0) is 16.4. The Morgan fingerprint density at radius 3 is 2.68 bits per heavy atom. The number of amides is 1. The van der Waals surface area contributed by atoms with Crippen molar-refractivity contribution in [3.8, 4) is 6.07 Å². The number of hydrogen-bond donors (Lipinski definition) is 1. The van der Waals surface area contributed by atoms with Crippen molar-refractivity contribution in [1.29, 1.82) is 5.26 Å². The maximum Gasteiger partial charge on any atom is 0.433 e. The van der Waals surface area contributed by atoms with Crippen LogP contribution in [0.5, 0.6) is 0 Å². The summed E-state index contributed by atoms with van der Waals surface area (Å²) in [6.45, 7) is 0. The Kier molecular flexibility index (Phi) is 4.66. The second-order valence-electron chi connectivity index (χ2n) is 5.25. The highest BCUT2D eigenvalue weighted by atomic mass is 32.2. The van der Waals surface area contributed by atoms with Gasteiger partial charge in [0.1, 0.15) is 5.69 Å². The van der Waals surface area contributed by atoms with Crippen molar-refractivity contribution in [2.75, 3.05) is 5.75 Å². The molecule has 0 radical (unpaired) electrons. The Labute approximate surface area is 129 Å². The highest BCUT2D eigenvalue weighted by Gasteiger charge is 2.52. The van der Waals surface area contributed by atoms with Crippen LogP contribution in [-0.4, -0.2) is 16.6 Å². The number of hydrogen-bond acceptors (Lipinski definition) is 4. The normalized spacial score (nSPS) is 17.5. The Balaban J connectivity index is 1.96. The van der Waals surface area contributed by atoms with Crippen LogP contribution in [0.2, 0.25) is 0 Å². The quantitative estimate of drug-likeness (QED) is 0.870. The van der Waals surface area contributed by atoms with E-state index in [2.05, 4.69) is 11.1 Å². The number of aromatic nitrogens is 1. The summed E-state index contributed by atoms with van der Waals surface area (Å²) in [5.74, 6) is -0.576. The number of nitriles is 1. The molecule has 1 aromatic heterocycles. The second kappa shape index (κ2) is 6.16. The third kappa shape index (κ3) is 3.71. The van der Waals surface area contributed by atoms with Crippen LogP contribution in [0.4, 0.5) is 13.2 Å². The van der Waals surface area contributed by atoms with Gasteiger partial charge in [0.25, 0.3) is 0 Å². The highest BCUT2D eigenvalue weighted by molar-refractivity contribution is 7.98. The van der Waals surface area contributed by atoms with E-state index in [1.54, 1.807) is 0 Å². The summed E-state index contributed by atoms with van der Waals surface area (Å²) in [6.07, 6.45) is -3.20. The standard InChI is InChI=1S/C14H14F3N3OS/c15-14(16,17)11-3-1-2-9(20-11)6-22-7-10(12(19)21)13(8-18)4-5-13/h1-3,10H,4-7H2,(H2,19,21). The Morgan fingerprint density at radius 2 is 2.18 bits per heavy atom. The molecule has 1 heterocycles. The first kappa shape index (κ1) is 16.6. The second-order valence-corrected chi connectivity index (χ2v) is 6.28. The molecule has 0 aliphatic heterocycles. The molecule has 1 unspecified atom stereocenters. The Morgan fingerprint density at radius 1 is 1.50 bits per heavy atom. The van der Waals surface area contributed by atoms with Crippen molar-refractivity contribution >= 4 is 17.7 Å². The van der Waals surface area contributed by atoms with Crippen LogP contribution in [0.1, 0.15) is 24.2 Å². The minimum Gasteiger partial charge on any atom is -0.369 e. The first-order valence-corrected chi connectivity index (χ1v) is 7.75. The van der Waals surface area contributed by atoms with Gasteiger partial charge in [-0.2, -0.15) is 30.2 Å². The third-order valence-corrected chi connectivity index (χ3v) is 4.72. The lowest BCUT2D eigenvalue weighted by Gasteiger charge is -2.17. The molecule has 1 aromatic rings. The molecule has 1 saturated carbocycles. The molecule has 2 rings (SSSR count). The molecular weight excluding hydrogens is 315 g/mol. The van der Waals surface area contributed by atoms with Gasteiger partial charge < -0.3 is 5.73 Å². The van der Waals surface area contributed by atoms with E-state index in [-0.39, 0.29) is 11.4 Å². The number of primary amides is 1. The molecule has 0 aromatic carbocycles. The van der Waals surface area contributed by atoms with E-state index in [1.807, 2.05) is 0 Å². The zero-order valence-electron chi connectivity index (χ0n) is 11.6. The van der Waals surface area contributed by atoms with Crippen molar-refractivity contribution in [2.24, 2.45) is 17.1 Å². The summed E-state index contributed by atoms with van der Waals surface area (Å²) in [7, 11) is 0. The van der Waals surface area contributed by atoms with Crippen LogP contribution in [0, 0.1) is 22.7 Å².